The Kier molecular flexibility index (Phi) is 6.15. The molecule has 0 amide bonds. The van der Waals surface area contributed by atoms with Gasteiger partial charge in [0, 0.05) is 35.2 Å². The predicted octanol–water partition coefficient (Wildman–Crippen LogP) is 5.47. The molecule has 9 heteroatoms. The molecule has 170 valence electrons. The predicted molar refractivity (Wildman–Crippen MR) is 110 cm³/mol. The number of ether oxygens (including phenoxy) is 2. The smallest absolute Gasteiger partial charge is 0.496 e. The minimum Gasteiger partial charge on any atom is -0.496 e. The van der Waals surface area contributed by atoms with Gasteiger partial charge in [-0.25, -0.2) is 14.4 Å². The molecule has 0 aliphatic heterocycles. The number of halogens is 4. The molecule has 0 bridgehead atoms. The SMILES string of the molecule is COc1cc(-c2ccc(OC(F)(F)F)cc2F)ccc1C(O)(c1cncnc1)C(C)(C)C. The maximum absolute atomic E-state index is 14.6. The molecule has 1 aromatic heterocycles. The van der Waals surface area contributed by atoms with Crippen molar-refractivity contribution in [1.29, 1.82) is 0 Å². The zero-order valence-electron chi connectivity index (χ0n) is 17.9. The van der Waals surface area contributed by atoms with Gasteiger partial charge in [0.15, 0.2) is 0 Å². The Hall–Kier alpha value is -3.20. The first kappa shape index (κ1) is 23.5. The number of hydrogen-bond acceptors (Lipinski definition) is 5. The van der Waals surface area contributed by atoms with Crippen LogP contribution in [0.5, 0.6) is 11.5 Å². The fourth-order valence-corrected chi connectivity index (χ4v) is 3.56. The summed E-state index contributed by atoms with van der Waals surface area (Å²) in [6.07, 6.45) is -0.561. The fourth-order valence-electron chi connectivity index (χ4n) is 3.56. The first-order chi connectivity index (χ1) is 14.9. The van der Waals surface area contributed by atoms with Gasteiger partial charge >= 0.3 is 6.36 Å². The van der Waals surface area contributed by atoms with E-state index in [1.807, 2.05) is 20.8 Å². The molecule has 0 fully saturated rings. The average Bonchev–Trinajstić information content (AvgIpc) is 2.71. The Labute approximate surface area is 182 Å². The van der Waals surface area contributed by atoms with Gasteiger partial charge in [0.05, 0.1) is 7.11 Å². The molecule has 0 saturated carbocycles. The van der Waals surface area contributed by atoms with Crippen molar-refractivity contribution in [3.8, 4) is 22.6 Å². The summed E-state index contributed by atoms with van der Waals surface area (Å²) in [5.41, 5.74) is -1.02. The van der Waals surface area contributed by atoms with Gasteiger partial charge in [-0.05, 0) is 29.2 Å². The molecule has 2 aromatic carbocycles. The maximum Gasteiger partial charge on any atom is 0.573 e. The van der Waals surface area contributed by atoms with Gasteiger partial charge in [-0.1, -0.05) is 32.9 Å². The molecule has 1 atom stereocenters. The quantitative estimate of drug-likeness (QED) is 0.522. The molecule has 0 radical (unpaired) electrons. The third-order valence-electron chi connectivity index (χ3n) is 5.14. The Morgan fingerprint density at radius 1 is 0.938 bits per heavy atom. The molecule has 3 aromatic rings. The van der Waals surface area contributed by atoms with E-state index in [9.17, 15) is 22.7 Å². The normalized spacial score (nSPS) is 14.0. The maximum atomic E-state index is 14.6. The molecule has 3 rings (SSSR count). The van der Waals surface area contributed by atoms with Crippen molar-refractivity contribution in [3.05, 3.63) is 72.1 Å². The van der Waals surface area contributed by atoms with Gasteiger partial charge in [0.1, 0.15) is 29.2 Å². The van der Waals surface area contributed by atoms with E-state index < -0.39 is 28.9 Å². The number of rotatable bonds is 5. The van der Waals surface area contributed by atoms with Crippen LogP contribution in [0.1, 0.15) is 31.9 Å². The van der Waals surface area contributed by atoms with Gasteiger partial charge in [0.2, 0.25) is 0 Å². The molecule has 1 heterocycles. The third kappa shape index (κ3) is 4.52. The van der Waals surface area contributed by atoms with Crippen molar-refractivity contribution < 1.29 is 32.1 Å². The van der Waals surface area contributed by atoms with E-state index in [4.69, 9.17) is 4.74 Å². The standard InChI is InChI=1S/C23H22F4N2O3/c1-21(2,3)22(30,15-11-28-13-29-12-15)18-8-5-14(9-20(18)31-4)17-7-6-16(10-19(17)24)32-23(25,26)27/h5-13,30H,1-4H3. The number of benzene rings is 2. The molecule has 0 aliphatic carbocycles. The zero-order chi connectivity index (χ0) is 23.7. The molecule has 0 saturated heterocycles. The second-order valence-corrected chi connectivity index (χ2v) is 8.19. The highest BCUT2D eigenvalue weighted by Gasteiger charge is 2.45. The molecular weight excluding hydrogens is 428 g/mol. The van der Waals surface area contributed by atoms with Crippen molar-refractivity contribution in [2.45, 2.75) is 32.7 Å². The molecule has 5 nitrogen and oxygen atoms in total. The van der Waals surface area contributed by atoms with Crippen LogP contribution in [-0.4, -0.2) is 28.5 Å². The lowest BCUT2D eigenvalue weighted by Gasteiger charge is -2.41. The fraction of sp³-hybridized carbons (Fsp3) is 0.304. The number of aromatic nitrogens is 2. The lowest BCUT2D eigenvalue weighted by Crippen LogP contribution is -2.41. The summed E-state index contributed by atoms with van der Waals surface area (Å²) in [4.78, 5) is 8.00. The Morgan fingerprint density at radius 2 is 1.59 bits per heavy atom. The molecule has 32 heavy (non-hydrogen) atoms. The highest BCUT2D eigenvalue weighted by atomic mass is 19.4. The minimum absolute atomic E-state index is 0.0479. The summed E-state index contributed by atoms with van der Waals surface area (Å²) >= 11 is 0. The van der Waals surface area contributed by atoms with Crippen LogP contribution in [0.25, 0.3) is 11.1 Å². The van der Waals surface area contributed by atoms with E-state index in [0.29, 0.717) is 22.8 Å². The van der Waals surface area contributed by atoms with E-state index in [1.54, 1.807) is 12.1 Å². The van der Waals surface area contributed by atoms with Crippen LogP contribution in [0.2, 0.25) is 0 Å². The summed E-state index contributed by atoms with van der Waals surface area (Å²) in [6, 6.07) is 7.53. The topological polar surface area (TPSA) is 64.5 Å². The van der Waals surface area contributed by atoms with Gasteiger partial charge in [-0.3, -0.25) is 0 Å². The first-order valence-corrected chi connectivity index (χ1v) is 9.59. The molecule has 0 aliphatic rings. The van der Waals surface area contributed by atoms with Crippen LogP contribution in [0.4, 0.5) is 17.6 Å². The van der Waals surface area contributed by atoms with Crippen LogP contribution in [0.15, 0.2) is 55.1 Å². The summed E-state index contributed by atoms with van der Waals surface area (Å²) in [6.45, 7) is 5.52. The van der Waals surface area contributed by atoms with Gasteiger partial charge in [-0.15, -0.1) is 13.2 Å². The lowest BCUT2D eigenvalue weighted by molar-refractivity contribution is -0.274. The molecular formula is C23H22F4N2O3. The Balaban J connectivity index is 2.10. The highest BCUT2D eigenvalue weighted by molar-refractivity contribution is 5.68. The summed E-state index contributed by atoms with van der Waals surface area (Å²) in [5, 5.41) is 11.8. The number of alkyl halides is 3. The van der Waals surface area contributed by atoms with Crippen LogP contribution < -0.4 is 9.47 Å². The van der Waals surface area contributed by atoms with E-state index >= 15 is 0 Å². The number of hydrogen-bond donors (Lipinski definition) is 1. The van der Waals surface area contributed by atoms with Crippen LogP contribution >= 0.6 is 0 Å². The second kappa shape index (κ2) is 8.38. The summed E-state index contributed by atoms with van der Waals surface area (Å²) in [7, 11) is 1.41. The first-order valence-electron chi connectivity index (χ1n) is 9.59. The van der Waals surface area contributed by atoms with Crippen molar-refractivity contribution >= 4 is 0 Å². The monoisotopic (exact) mass is 450 g/mol. The van der Waals surface area contributed by atoms with E-state index in [-0.39, 0.29) is 11.3 Å². The van der Waals surface area contributed by atoms with Gasteiger partial charge < -0.3 is 14.6 Å². The lowest BCUT2D eigenvalue weighted by atomic mass is 9.68. The summed E-state index contributed by atoms with van der Waals surface area (Å²) < 4.78 is 61.0. The van der Waals surface area contributed by atoms with Crippen molar-refractivity contribution in [3.63, 3.8) is 0 Å². The van der Waals surface area contributed by atoms with Crippen LogP contribution in [0.3, 0.4) is 0 Å². The molecule has 1 N–H and O–H groups in total. The third-order valence-corrected chi connectivity index (χ3v) is 5.14. The number of methoxy groups -OCH3 is 1. The van der Waals surface area contributed by atoms with Crippen LogP contribution in [0, 0.1) is 11.2 Å². The largest absolute Gasteiger partial charge is 0.573 e. The van der Waals surface area contributed by atoms with E-state index in [0.717, 1.165) is 6.07 Å². The number of aliphatic hydroxyl groups is 1. The van der Waals surface area contributed by atoms with Crippen LogP contribution in [-0.2, 0) is 5.60 Å². The van der Waals surface area contributed by atoms with E-state index in [1.165, 1.54) is 38.0 Å². The number of nitrogens with zero attached hydrogens (tertiary/aromatic N) is 2. The van der Waals surface area contributed by atoms with Crippen molar-refractivity contribution in [2.24, 2.45) is 5.41 Å². The van der Waals surface area contributed by atoms with Gasteiger partial charge in [0.25, 0.3) is 0 Å². The highest BCUT2D eigenvalue weighted by Crippen LogP contribution is 2.48. The van der Waals surface area contributed by atoms with E-state index in [2.05, 4.69) is 14.7 Å². The van der Waals surface area contributed by atoms with Crippen molar-refractivity contribution in [2.75, 3.05) is 7.11 Å². The Morgan fingerprint density at radius 3 is 2.12 bits per heavy atom. The molecule has 0 spiro atoms. The summed E-state index contributed by atoms with van der Waals surface area (Å²) in [5.74, 6) is -1.29. The zero-order valence-corrected chi connectivity index (χ0v) is 17.9. The van der Waals surface area contributed by atoms with Gasteiger partial charge in [-0.2, -0.15) is 0 Å². The molecule has 1 unspecified atom stereocenters. The second-order valence-electron chi connectivity index (χ2n) is 8.19. The Bertz CT molecular complexity index is 1100. The van der Waals surface area contributed by atoms with Crippen molar-refractivity contribution in [1.82, 2.24) is 9.97 Å². The minimum atomic E-state index is -4.92. The average molecular weight is 450 g/mol.